The van der Waals surface area contributed by atoms with Gasteiger partial charge in [0.05, 0.1) is 24.1 Å². The Balaban J connectivity index is 1.70. The lowest BCUT2D eigenvalue weighted by Gasteiger charge is -2.10. The number of nitrogens with one attached hydrogen (secondary N) is 1. The number of rotatable bonds is 7. The van der Waals surface area contributed by atoms with Crippen molar-refractivity contribution in [2.75, 3.05) is 18.2 Å². The van der Waals surface area contributed by atoms with E-state index in [1.165, 1.54) is 18.9 Å². The van der Waals surface area contributed by atoms with Crippen LogP contribution in [0.3, 0.4) is 0 Å². The first kappa shape index (κ1) is 21.1. The summed E-state index contributed by atoms with van der Waals surface area (Å²) in [5.41, 5.74) is 1.67. The molecule has 0 spiro atoms. The molecular weight excluding hydrogens is 456 g/mol. The molecule has 9 heteroatoms. The third-order valence-corrected chi connectivity index (χ3v) is 5.57. The zero-order chi connectivity index (χ0) is 20.8. The van der Waals surface area contributed by atoms with Crippen molar-refractivity contribution >= 4 is 45.3 Å². The summed E-state index contributed by atoms with van der Waals surface area (Å²) in [5.74, 6) is 0.133. The summed E-state index contributed by atoms with van der Waals surface area (Å²) in [6.45, 7) is 2.68. The molecule has 0 fully saturated rings. The maximum Gasteiger partial charge on any atom is 0.339 e. The number of carbonyl (C=O) groups is 2. The number of esters is 1. The monoisotopic (exact) mass is 474 g/mol. The molecule has 0 atom stereocenters. The first-order valence-corrected chi connectivity index (χ1v) is 10.6. The summed E-state index contributed by atoms with van der Waals surface area (Å²) >= 11 is 4.71. The van der Waals surface area contributed by atoms with E-state index in [1.54, 1.807) is 24.3 Å². The number of thioether (sulfide) groups is 1. The lowest BCUT2D eigenvalue weighted by molar-refractivity contribution is -0.113. The van der Waals surface area contributed by atoms with Crippen molar-refractivity contribution < 1.29 is 14.3 Å². The Hall–Kier alpha value is -2.65. The number of methoxy groups -OCH3 is 1. The van der Waals surface area contributed by atoms with Crippen LogP contribution in [-0.4, -0.2) is 39.5 Å². The number of hydrogen-bond acceptors (Lipinski definition) is 6. The Morgan fingerprint density at radius 3 is 2.55 bits per heavy atom. The average molecular weight is 475 g/mol. The van der Waals surface area contributed by atoms with Crippen LogP contribution in [0.25, 0.3) is 11.4 Å². The number of amides is 1. The summed E-state index contributed by atoms with van der Waals surface area (Å²) in [5, 5.41) is 11.9. The Morgan fingerprint density at radius 2 is 1.86 bits per heavy atom. The predicted molar refractivity (Wildman–Crippen MR) is 116 cm³/mol. The molecule has 0 aliphatic rings. The normalized spacial score (nSPS) is 10.6. The van der Waals surface area contributed by atoms with Crippen LogP contribution < -0.4 is 5.32 Å². The molecule has 0 saturated carbocycles. The van der Waals surface area contributed by atoms with Gasteiger partial charge in [-0.25, -0.2) is 4.79 Å². The van der Waals surface area contributed by atoms with E-state index in [2.05, 4.69) is 31.4 Å². The highest BCUT2D eigenvalue weighted by Crippen LogP contribution is 2.25. The maximum absolute atomic E-state index is 12.4. The Morgan fingerprint density at radius 1 is 1.14 bits per heavy atom. The van der Waals surface area contributed by atoms with Crippen molar-refractivity contribution in [1.29, 1.82) is 0 Å². The van der Waals surface area contributed by atoms with Gasteiger partial charge in [-0.1, -0.05) is 52.0 Å². The number of nitrogens with zero attached hydrogens (tertiary/aromatic N) is 3. The summed E-state index contributed by atoms with van der Waals surface area (Å²) < 4.78 is 7.70. The molecule has 7 nitrogen and oxygen atoms in total. The van der Waals surface area contributed by atoms with Gasteiger partial charge in [-0.3, -0.25) is 4.79 Å². The van der Waals surface area contributed by atoms with Crippen LogP contribution >= 0.6 is 27.7 Å². The van der Waals surface area contributed by atoms with Gasteiger partial charge in [0, 0.05) is 16.6 Å². The highest BCUT2D eigenvalue weighted by atomic mass is 79.9. The van der Waals surface area contributed by atoms with Crippen LogP contribution in [0.1, 0.15) is 17.3 Å². The molecule has 0 radical (unpaired) electrons. The Labute approximate surface area is 181 Å². The topological polar surface area (TPSA) is 86.1 Å². The first-order valence-electron chi connectivity index (χ1n) is 8.82. The molecule has 1 N–H and O–H groups in total. The number of aromatic nitrogens is 3. The second kappa shape index (κ2) is 9.71. The van der Waals surface area contributed by atoms with Gasteiger partial charge in [-0.15, -0.1) is 10.2 Å². The van der Waals surface area contributed by atoms with Gasteiger partial charge in [-0.2, -0.15) is 0 Å². The van der Waals surface area contributed by atoms with Crippen LogP contribution in [0.4, 0.5) is 5.69 Å². The minimum atomic E-state index is -0.501. The Kier molecular flexibility index (Phi) is 7.05. The second-order valence-corrected chi connectivity index (χ2v) is 7.79. The van der Waals surface area contributed by atoms with Crippen molar-refractivity contribution in [3.8, 4) is 11.4 Å². The lowest BCUT2D eigenvalue weighted by atomic mass is 10.2. The van der Waals surface area contributed by atoms with Crippen LogP contribution in [0.5, 0.6) is 0 Å². The average Bonchev–Trinajstić information content (AvgIpc) is 3.15. The standard InChI is InChI=1S/C20H19BrN4O3S/c1-3-25-18(13-8-10-14(21)11-9-13)23-24-20(25)29-12-17(26)22-16-7-5-4-6-15(16)19(27)28-2/h4-11H,3,12H2,1-2H3,(H,22,26). The molecular formula is C20H19BrN4O3S. The molecule has 0 unspecified atom stereocenters. The van der Waals surface area contributed by atoms with Crippen LogP contribution in [0.15, 0.2) is 58.2 Å². The smallest absolute Gasteiger partial charge is 0.339 e. The minimum absolute atomic E-state index is 0.133. The van der Waals surface area contributed by atoms with Crippen LogP contribution in [0, 0.1) is 0 Å². The van der Waals surface area contributed by atoms with Gasteiger partial charge < -0.3 is 14.6 Å². The third-order valence-electron chi connectivity index (χ3n) is 4.07. The molecule has 0 bridgehead atoms. The summed E-state index contributed by atoms with van der Waals surface area (Å²) in [4.78, 5) is 24.2. The van der Waals surface area contributed by atoms with E-state index in [9.17, 15) is 9.59 Å². The van der Waals surface area contributed by atoms with E-state index >= 15 is 0 Å². The van der Waals surface area contributed by atoms with Gasteiger partial charge in [0.2, 0.25) is 5.91 Å². The number of halogens is 1. The molecule has 29 heavy (non-hydrogen) atoms. The number of hydrogen-bond donors (Lipinski definition) is 1. The minimum Gasteiger partial charge on any atom is -0.465 e. The fourth-order valence-corrected chi connectivity index (χ4v) is 3.76. The van der Waals surface area contributed by atoms with Gasteiger partial charge in [0.1, 0.15) is 0 Å². The summed E-state index contributed by atoms with van der Waals surface area (Å²) in [7, 11) is 1.30. The predicted octanol–water partition coefficient (Wildman–Crippen LogP) is 4.24. The summed E-state index contributed by atoms with van der Waals surface area (Å²) in [6, 6.07) is 14.5. The van der Waals surface area contributed by atoms with E-state index in [4.69, 9.17) is 4.74 Å². The highest BCUT2D eigenvalue weighted by molar-refractivity contribution is 9.10. The SMILES string of the molecule is CCn1c(SCC(=O)Nc2ccccc2C(=O)OC)nnc1-c1ccc(Br)cc1. The van der Waals surface area contributed by atoms with Crippen LogP contribution in [-0.2, 0) is 16.1 Å². The van der Waals surface area contributed by atoms with Crippen LogP contribution in [0.2, 0.25) is 0 Å². The molecule has 0 aliphatic heterocycles. The molecule has 3 rings (SSSR count). The van der Waals surface area contributed by atoms with E-state index in [1.807, 2.05) is 35.8 Å². The molecule has 0 aliphatic carbocycles. The van der Waals surface area contributed by atoms with E-state index in [-0.39, 0.29) is 11.7 Å². The molecule has 1 heterocycles. The quantitative estimate of drug-likeness (QED) is 0.406. The molecule has 2 aromatic carbocycles. The van der Waals surface area contributed by atoms with Crippen molar-refractivity contribution in [1.82, 2.24) is 14.8 Å². The molecule has 150 valence electrons. The van der Waals surface area contributed by atoms with Gasteiger partial charge in [0.25, 0.3) is 0 Å². The number of anilines is 1. The van der Waals surface area contributed by atoms with Crippen molar-refractivity contribution in [3.05, 3.63) is 58.6 Å². The number of ether oxygens (including phenoxy) is 1. The van der Waals surface area contributed by atoms with Gasteiger partial charge in [-0.05, 0) is 31.2 Å². The first-order chi connectivity index (χ1) is 14.0. The fraction of sp³-hybridized carbons (Fsp3) is 0.200. The van der Waals surface area contributed by atoms with Gasteiger partial charge >= 0.3 is 5.97 Å². The van der Waals surface area contributed by atoms with E-state index < -0.39 is 5.97 Å². The molecule has 3 aromatic rings. The maximum atomic E-state index is 12.4. The Bertz CT molecular complexity index is 1020. The molecule has 1 amide bonds. The largest absolute Gasteiger partial charge is 0.465 e. The van der Waals surface area contributed by atoms with Crippen molar-refractivity contribution in [2.45, 2.75) is 18.6 Å². The fourth-order valence-electron chi connectivity index (χ4n) is 2.69. The third kappa shape index (κ3) is 5.04. The summed E-state index contributed by atoms with van der Waals surface area (Å²) in [6.07, 6.45) is 0. The second-order valence-electron chi connectivity index (χ2n) is 5.93. The number of benzene rings is 2. The van der Waals surface area contributed by atoms with E-state index in [0.717, 1.165) is 15.9 Å². The zero-order valence-corrected chi connectivity index (χ0v) is 18.3. The van der Waals surface area contributed by atoms with Crippen molar-refractivity contribution in [2.24, 2.45) is 0 Å². The zero-order valence-electron chi connectivity index (χ0n) is 15.9. The highest BCUT2D eigenvalue weighted by Gasteiger charge is 2.16. The van der Waals surface area contributed by atoms with E-state index in [0.29, 0.717) is 23.0 Å². The number of para-hydroxylation sites is 1. The van der Waals surface area contributed by atoms with Crippen molar-refractivity contribution in [3.63, 3.8) is 0 Å². The number of carbonyl (C=O) groups excluding carboxylic acids is 2. The molecule has 1 aromatic heterocycles. The lowest BCUT2D eigenvalue weighted by Crippen LogP contribution is -2.17. The van der Waals surface area contributed by atoms with Gasteiger partial charge in [0.15, 0.2) is 11.0 Å². The molecule has 0 saturated heterocycles.